The number of anilines is 1. The number of benzene rings is 2. The first-order valence-corrected chi connectivity index (χ1v) is 10.5. The third kappa shape index (κ3) is 3.25. The van der Waals surface area contributed by atoms with Crippen molar-refractivity contribution in [2.45, 2.75) is 4.90 Å². The molecule has 28 heavy (non-hydrogen) atoms. The predicted molar refractivity (Wildman–Crippen MR) is 105 cm³/mol. The van der Waals surface area contributed by atoms with Gasteiger partial charge in [0.25, 0.3) is 5.91 Å². The van der Waals surface area contributed by atoms with Crippen LogP contribution in [-0.4, -0.2) is 39.7 Å². The summed E-state index contributed by atoms with van der Waals surface area (Å²) in [6.07, 6.45) is 4.48. The van der Waals surface area contributed by atoms with Gasteiger partial charge < -0.3 is 9.64 Å². The minimum atomic E-state index is -3.29. The summed E-state index contributed by atoms with van der Waals surface area (Å²) >= 11 is 0. The van der Waals surface area contributed by atoms with Crippen molar-refractivity contribution < 1.29 is 22.7 Å². The van der Waals surface area contributed by atoms with Gasteiger partial charge in [0.1, 0.15) is 6.61 Å². The highest BCUT2D eigenvalue weighted by atomic mass is 32.2. The van der Waals surface area contributed by atoms with Gasteiger partial charge >= 0.3 is 5.97 Å². The molecule has 0 fully saturated rings. The molecule has 2 aromatic carbocycles. The first-order valence-electron chi connectivity index (χ1n) is 8.64. The lowest BCUT2D eigenvalue weighted by Gasteiger charge is -2.16. The fraction of sp³-hybridized carbons (Fsp3) is 0.143. The van der Waals surface area contributed by atoms with Crippen LogP contribution in [0.4, 0.5) is 5.69 Å². The van der Waals surface area contributed by atoms with Crippen molar-refractivity contribution in [3.63, 3.8) is 0 Å². The molecule has 2 heterocycles. The standard InChI is InChI=1S/C21H17NO5S/c1-28(25,26)17-10-6-14(7-11-17)18-13-27-21(24)20(18)15-4-8-16(9-5-15)22-12-2-3-19(22)23/h2-11H,12-13H2,1H3. The predicted octanol–water partition coefficient (Wildman–Crippen LogP) is 2.46. The minimum Gasteiger partial charge on any atom is -0.457 e. The van der Waals surface area contributed by atoms with Gasteiger partial charge in [-0.2, -0.15) is 0 Å². The van der Waals surface area contributed by atoms with Gasteiger partial charge in [0.2, 0.25) is 0 Å². The number of carbonyl (C=O) groups is 2. The molecule has 2 aliphatic heterocycles. The minimum absolute atomic E-state index is 0.0705. The Hall–Kier alpha value is -3.19. The van der Waals surface area contributed by atoms with Crippen LogP contribution in [0.5, 0.6) is 0 Å². The van der Waals surface area contributed by atoms with Crippen molar-refractivity contribution in [2.24, 2.45) is 0 Å². The molecule has 6 nitrogen and oxygen atoms in total. The lowest BCUT2D eigenvalue weighted by molar-refractivity contribution is -0.133. The second-order valence-corrected chi connectivity index (χ2v) is 8.64. The number of amides is 1. The molecule has 2 aliphatic rings. The normalized spacial score (nSPS) is 16.8. The molecular formula is C21H17NO5S. The van der Waals surface area contributed by atoms with Gasteiger partial charge in [0.05, 0.1) is 10.5 Å². The first kappa shape index (κ1) is 18.2. The monoisotopic (exact) mass is 395 g/mol. The fourth-order valence-corrected chi connectivity index (χ4v) is 3.94. The lowest BCUT2D eigenvalue weighted by atomic mass is 9.96. The number of nitrogens with zero attached hydrogens (tertiary/aromatic N) is 1. The number of esters is 1. The number of hydrogen-bond donors (Lipinski definition) is 0. The Morgan fingerprint density at radius 3 is 2.14 bits per heavy atom. The van der Waals surface area contributed by atoms with E-state index >= 15 is 0 Å². The second kappa shape index (κ2) is 6.76. The van der Waals surface area contributed by atoms with Gasteiger partial charge in [0, 0.05) is 30.1 Å². The van der Waals surface area contributed by atoms with Crippen LogP contribution in [0.1, 0.15) is 11.1 Å². The molecule has 0 bridgehead atoms. The Morgan fingerprint density at radius 2 is 1.57 bits per heavy atom. The highest BCUT2D eigenvalue weighted by Gasteiger charge is 2.27. The number of carbonyl (C=O) groups excluding carboxylic acids is 2. The van der Waals surface area contributed by atoms with Crippen LogP contribution in [-0.2, 0) is 24.2 Å². The average Bonchev–Trinajstić information content (AvgIpc) is 3.27. The van der Waals surface area contributed by atoms with Gasteiger partial charge in [-0.3, -0.25) is 4.79 Å². The molecular weight excluding hydrogens is 378 g/mol. The van der Waals surface area contributed by atoms with E-state index in [9.17, 15) is 18.0 Å². The van der Waals surface area contributed by atoms with E-state index in [1.54, 1.807) is 47.4 Å². The van der Waals surface area contributed by atoms with Crippen molar-refractivity contribution in [1.29, 1.82) is 0 Å². The van der Waals surface area contributed by atoms with E-state index in [-0.39, 0.29) is 17.4 Å². The summed E-state index contributed by atoms with van der Waals surface area (Å²) in [7, 11) is -3.29. The molecule has 0 aliphatic carbocycles. The van der Waals surface area contributed by atoms with Crippen LogP contribution in [0.2, 0.25) is 0 Å². The SMILES string of the molecule is CS(=O)(=O)c1ccc(C2=C(c3ccc(N4CC=CC4=O)cc3)C(=O)OC2)cc1. The van der Waals surface area contributed by atoms with Gasteiger partial charge in [-0.25, -0.2) is 13.2 Å². The van der Waals surface area contributed by atoms with Crippen LogP contribution >= 0.6 is 0 Å². The van der Waals surface area contributed by atoms with E-state index in [0.717, 1.165) is 17.5 Å². The van der Waals surface area contributed by atoms with Crippen molar-refractivity contribution >= 4 is 38.5 Å². The van der Waals surface area contributed by atoms with Crippen LogP contribution in [0.15, 0.2) is 65.6 Å². The molecule has 4 rings (SSSR count). The molecule has 1 amide bonds. The number of rotatable bonds is 4. The van der Waals surface area contributed by atoms with Crippen LogP contribution in [0.25, 0.3) is 11.1 Å². The third-order valence-corrected chi connectivity index (χ3v) is 5.89. The number of cyclic esters (lactones) is 1. The summed E-state index contributed by atoms with van der Waals surface area (Å²) in [4.78, 5) is 26.0. The number of ether oxygens (including phenoxy) is 1. The molecule has 0 atom stereocenters. The van der Waals surface area contributed by atoms with E-state index in [1.165, 1.54) is 18.2 Å². The van der Waals surface area contributed by atoms with E-state index < -0.39 is 15.8 Å². The molecule has 0 N–H and O–H groups in total. The second-order valence-electron chi connectivity index (χ2n) is 6.62. The third-order valence-electron chi connectivity index (χ3n) is 4.77. The van der Waals surface area contributed by atoms with E-state index in [1.807, 2.05) is 0 Å². The van der Waals surface area contributed by atoms with Crippen molar-refractivity contribution in [3.05, 3.63) is 71.8 Å². The molecule has 0 spiro atoms. The van der Waals surface area contributed by atoms with Crippen LogP contribution in [0, 0.1) is 0 Å². The Balaban J connectivity index is 1.70. The molecule has 0 radical (unpaired) electrons. The van der Waals surface area contributed by atoms with E-state index in [4.69, 9.17) is 4.74 Å². The van der Waals surface area contributed by atoms with Crippen LogP contribution < -0.4 is 4.90 Å². The number of sulfone groups is 1. The van der Waals surface area contributed by atoms with Crippen molar-refractivity contribution in [1.82, 2.24) is 0 Å². The van der Waals surface area contributed by atoms with Crippen LogP contribution in [0.3, 0.4) is 0 Å². The zero-order chi connectivity index (χ0) is 19.9. The van der Waals surface area contributed by atoms with Crippen molar-refractivity contribution in [3.8, 4) is 0 Å². The molecule has 2 aromatic rings. The molecule has 0 unspecified atom stereocenters. The topological polar surface area (TPSA) is 80.8 Å². The molecule has 0 saturated heterocycles. The summed E-state index contributed by atoms with van der Waals surface area (Å²) in [6.45, 7) is 0.656. The molecule has 142 valence electrons. The average molecular weight is 395 g/mol. The first-order chi connectivity index (χ1) is 13.3. The van der Waals surface area contributed by atoms with Gasteiger partial charge in [-0.15, -0.1) is 0 Å². The highest BCUT2D eigenvalue weighted by Crippen LogP contribution is 2.34. The smallest absolute Gasteiger partial charge is 0.339 e. The fourth-order valence-electron chi connectivity index (χ4n) is 3.31. The Bertz CT molecular complexity index is 1130. The summed E-state index contributed by atoms with van der Waals surface area (Å²) < 4.78 is 28.5. The summed E-state index contributed by atoms with van der Waals surface area (Å²) in [5, 5.41) is 0. The van der Waals surface area contributed by atoms with Gasteiger partial charge in [0.15, 0.2) is 9.84 Å². The molecule has 7 heteroatoms. The summed E-state index contributed by atoms with van der Waals surface area (Å²) in [5.41, 5.74) is 3.33. The maximum Gasteiger partial charge on any atom is 0.339 e. The highest BCUT2D eigenvalue weighted by molar-refractivity contribution is 7.90. The Kier molecular flexibility index (Phi) is 4.39. The van der Waals surface area contributed by atoms with E-state index in [2.05, 4.69) is 0 Å². The molecule has 0 saturated carbocycles. The lowest BCUT2D eigenvalue weighted by Crippen LogP contribution is -2.24. The van der Waals surface area contributed by atoms with Gasteiger partial charge in [-0.05, 0) is 35.4 Å². The van der Waals surface area contributed by atoms with Crippen molar-refractivity contribution in [2.75, 3.05) is 24.3 Å². The quantitative estimate of drug-likeness (QED) is 0.743. The largest absolute Gasteiger partial charge is 0.457 e. The van der Waals surface area contributed by atoms with Gasteiger partial charge in [-0.1, -0.05) is 30.3 Å². The maximum atomic E-state index is 12.3. The summed E-state index contributed by atoms with van der Waals surface area (Å²) in [5.74, 6) is -0.493. The van der Waals surface area contributed by atoms with E-state index in [0.29, 0.717) is 23.3 Å². The Labute approximate surface area is 162 Å². The zero-order valence-corrected chi connectivity index (χ0v) is 15.9. The summed E-state index contributed by atoms with van der Waals surface area (Å²) in [6, 6.07) is 13.6. The Morgan fingerprint density at radius 1 is 0.929 bits per heavy atom. The molecule has 0 aromatic heterocycles. The zero-order valence-electron chi connectivity index (χ0n) is 15.1. The maximum absolute atomic E-state index is 12.3. The number of hydrogen-bond acceptors (Lipinski definition) is 5.